The summed E-state index contributed by atoms with van der Waals surface area (Å²) in [7, 11) is -7.25. The Morgan fingerprint density at radius 2 is 2.06 bits per heavy atom. The molecule has 16 heavy (non-hydrogen) atoms. The lowest BCUT2D eigenvalue weighted by Crippen LogP contribution is -2.33. The number of hydrogen-bond donors (Lipinski definition) is 2. The molecule has 0 aliphatic carbocycles. The van der Waals surface area contributed by atoms with Gasteiger partial charge in [0.15, 0.2) is 14.9 Å². The lowest BCUT2D eigenvalue weighted by atomic mass is 10.1. The Labute approximate surface area is 96.1 Å². The third-order valence-electron chi connectivity index (χ3n) is 2.05. The molecule has 1 heterocycles. The Hall–Kier alpha value is -0.440. The highest BCUT2D eigenvalue weighted by molar-refractivity contribution is 8.06. The van der Waals surface area contributed by atoms with E-state index >= 15 is 0 Å². The summed E-state index contributed by atoms with van der Waals surface area (Å²) in [6.07, 6.45) is 3.59. The first kappa shape index (κ1) is 13.6. The molecule has 1 aliphatic heterocycles. The molecule has 1 rings (SSSR count). The van der Waals surface area contributed by atoms with Gasteiger partial charge < -0.3 is 5.32 Å². The number of hydrogen-bond acceptors (Lipinski definition) is 5. The molecule has 0 aromatic rings. The summed E-state index contributed by atoms with van der Waals surface area (Å²) in [5.41, 5.74) is 0.982. The van der Waals surface area contributed by atoms with E-state index < -0.39 is 24.9 Å². The predicted octanol–water partition coefficient (Wildman–Crippen LogP) is -1.17. The Kier molecular flexibility index (Phi) is 4.48. The van der Waals surface area contributed by atoms with Gasteiger partial charge >= 0.3 is 0 Å². The van der Waals surface area contributed by atoms with Crippen molar-refractivity contribution in [3.8, 4) is 0 Å². The number of nitrogens with one attached hydrogen (secondary N) is 2. The van der Waals surface area contributed by atoms with E-state index in [1.165, 1.54) is 0 Å². The van der Waals surface area contributed by atoms with Crippen LogP contribution in [0.2, 0.25) is 0 Å². The third kappa shape index (κ3) is 5.59. The van der Waals surface area contributed by atoms with Crippen LogP contribution in [-0.2, 0) is 19.9 Å². The highest BCUT2D eigenvalue weighted by Crippen LogP contribution is 2.03. The van der Waals surface area contributed by atoms with Crippen molar-refractivity contribution in [3.63, 3.8) is 0 Å². The van der Waals surface area contributed by atoms with Gasteiger partial charge in [-0.15, -0.1) is 0 Å². The lowest BCUT2D eigenvalue weighted by Gasteiger charge is -2.14. The normalized spacial score (nSPS) is 18.2. The van der Waals surface area contributed by atoms with Crippen LogP contribution < -0.4 is 10.0 Å². The van der Waals surface area contributed by atoms with Crippen LogP contribution in [0.5, 0.6) is 0 Å². The Morgan fingerprint density at radius 3 is 2.56 bits per heavy atom. The standard InChI is InChI=1S/C8H16N2O4S2/c1-15(11,12)7-16(13,14)10-6-8-2-4-9-5-3-8/h2,9-10H,3-7H2,1H3. The first-order valence-electron chi connectivity index (χ1n) is 4.82. The van der Waals surface area contributed by atoms with Gasteiger partial charge in [-0.05, 0) is 13.0 Å². The fourth-order valence-electron chi connectivity index (χ4n) is 1.36. The predicted molar refractivity (Wildman–Crippen MR) is 62.2 cm³/mol. The first-order chi connectivity index (χ1) is 7.29. The molecule has 94 valence electrons. The van der Waals surface area contributed by atoms with E-state index in [9.17, 15) is 16.8 Å². The van der Waals surface area contributed by atoms with Gasteiger partial charge in [0.25, 0.3) is 0 Å². The van der Waals surface area contributed by atoms with Crippen LogP contribution in [0.4, 0.5) is 0 Å². The Bertz CT molecular complexity index is 464. The number of rotatable bonds is 5. The highest BCUT2D eigenvalue weighted by Gasteiger charge is 2.18. The molecule has 0 fully saturated rings. The van der Waals surface area contributed by atoms with Crippen molar-refractivity contribution < 1.29 is 16.8 Å². The summed E-state index contributed by atoms with van der Waals surface area (Å²) in [6, 6.07) is 0. The summed E-state index contributed by atoms with van der Waals surface area (Å²) in [5.74, 6) is 0. The summed E-state index contributed by atoms with van der Waals surface area (Å²) in [5, 5.41) is 2.24. The maximum Gasteiger partial charge on any atom is 0.226 e. The van der Waals surface area contributed by atoms with Gasteiger partial charge in [0.05, 0.1) is 0 Å². The van der Waals surface area contributed by atoms with Gasteiger partial charge in [-0.2, -0.15) is 0 Å². The highest BCUT2D eigenvalue weighted by atomic mass is 32.3. The molecule has 0 saturated carbocycles. The van der Waals surface area contributed by atoms with Crippen LogP contribution >= 0.6 is 0 Å². The molecular formula is C8H16N2O4S2. The second kappa shape index (κ2) is 5.26. The maximum absolute atomic E-state index is 11.4. The summed E-state index contributed by atoms with van der Waals surface area (Å²) >= 11 is 0. The minimum Gasteiger partial charge on any atom is -0.313 e. The number of sulfonamides is 1. The van der Waals surface area contributed by atoms with Crippen molar-refractivity contribution in [2.45, 2.75) is 6.42 Å². The average molecular weight is 268 g/mol. The van der Waals surface area contributed by atoms with Gasteiger partial charge in [-0.3, -0.25) is 0 Å². The topological polar surface area (TPSA) is 92.3 Å². The van der Waals surface area contributed by atoms with Crippen molar-refractivity contribution >= 4 is 19.9 Å². The van der Waals surface area contributed by atoms with E-state index in [1.54, 1.807) is 0 Å². The molecule has 2 N–H and O–H groups in total. The summed E-state index contributed by atoms with van der Waals surface area (Å²) in [6.45, 7) is 1.74. The van der Waals surface area contributed by atoms with Crippen LogP contribution in [0, 0.1) is 0 Å². The number of sulfone groups is 1. The van der Waals surface area contributed by atoms with E-state index in [1.807, 2.05) is 6.08 Å². The Balaban J connectivity index is 2.51. The molecule has 8 heteroatoms. The fraction of sp³-hybridized carbons (Fsp3) is 0.750. The van der Waals surface area contributed by atoms with Crippen LogP contribution in [0.1, 0.15) is 6.42 Å². The van der Waals surface area contributed by atoms with Crippen LogP contribution in [0.25, 0.3) is 0 Å². The van der Waals surface area contributed by atoms with E-state index in [0.29, 0.717) is 0 Å². The van der Waals surface area contributed by atoms with Gasteiger partial charge in [-0.25, -0.2) is 21.6 Å². The second-order valence-electron chi connectivity index (χ2n) is 3.80. The molecule has 0 atom stereocenters. The van der Waals surface area contributed by atoms with Gasteiger partial charge in [-0.1, -0.05) is 11.6 Å². The van der Waals surface area contributed by atoms with Crippen LogP contribution in [0.15, 0.2) is 11.6 Å². The van der Waals surface area contributed by atoms with Gasteiger partial charge in [0.2, 0.25) is 10.0 Å². The molecular weight excluding hydrogens is 252 g/mol. The van der Waals surface area contributed by atoms with Gasteiger partial charge in [0, 0.05) is 19.3 Å². The quantitative estimate of drug-likeness (QED) is 0.613. The second-order valence-corrected chi connectivity index (χ2v) is 8.11. The zero-order valence-corrected chi connectivity index (χ0v) is 10.7. The van der Waals surface area contributed by atoms with E-state index in [-0.39, 0.29) is 6.54 Å². The molecule has 0 unspecified atom stereocenters. The van der Waals surface area contributed by atoms with Gasteiger partial charge in [0.1, 0.15) is 0 Å². The summed E-state index contributed by atoms with van der Waals surface area (Å²) < 4.78 is 46.7. The molecule has 0 spiro atoms. The van der Waals surface area contributed by atoms with Crippen molar-refractivity contribution in [1.82, 2.24) is 10.0 Å². The molecule has 0 saturated heterocycles. The molecule has 1 aliphatic rings. The maximum atomic E-state index is 11.4. The molecule has 0 aromatic heterocycles. The molecule has 0 radical (unpaired) electrons. The third-order valence-corrected chi connectivity index (χ3v) is 5.58. The van der Waals surface area contributed by atoms with Crippen molar-refractivity contribution in [2.75, 3.05) is 31.0 Å². The molecule has 6 nitrogen and oxygen atoms in total. The van der Waals surface area contributed by atoms with E-state index in [2.05, 4.69) is 10.0 Å². The molecule has 0 amide bonds. The monoisotopic (exact) mass is 268 g/mol. The van der Waals surface area contributed by atoms with E-state index in [4.69, 9.17) is 0 Å². The van der Waals surface area contributed by atoms with Crippen molar-refractivity contribution in [3.05, 3.63) is 11.6 Å². The zero-order valence-electron chi connectivity index (χ0n) is 9.06. The largest absolute Gasteiger partial charge is 0.313 e. The SMILES string of the molecule is CS(=O)(=O)CS(=O)(=O)NCC1=CCNCC1. The summed E-state index contributed by atoms with van der Waals surface area (Å²) in [4.78, 5) is 0. The van der Waals surface area contributed by atoms with Crippen LogP contribution in [0.3, 0.4) is 0 Å². The average Bonchev–Trinajstić information content (AvgIpc) is 2.13. The molecule has 0 bridgehead atoms. The van der Waals surface area contributed by atoms with Crippen molar-refractivity contribution in [1.29, 1.82) is 0 Å². The van der Waals surface area contributed by atoms with Crippen LogP contribution in [-0.4, -0.2) is 47.8 Å². The zero-order chi connectivity index (χ0) is 12.2. The minimum absolute atomic E-state index is 0.194. The first-order valence-corrected chi connectivity index (χ1v) is 8.53. The lowest BCUT2D eigenvalue weighted by molar-refractivity contribution is 0.581. The fourth-order valence-corrected chi connectivity index (χ4v) is 4.35. The Morgan fingerprint density at radius 1 is 1.38 bits per heavy atom. The van der Waals surface area contributed by atoms with E-state index in [0.717, 1.165) is 31.3 Å². The van der Waals surface area contributed by atoms with Crippen molar-refractivity contribution in [2.24, 2.45) is 0 Å². The molecule has 0 aromatic carbocycles. The minimum atomic E-state index is -3.74. The smallest absolute Gasteiger partial charge is 0.226 e.